The van der Waals surface area contributed by atoms with Crippen LogP contribution in [0.5, 0.6) is 0 Å². The highest BCUT2D eigenvalue weighted by Crippen LogP contribution is 2.42. The molecule has 0 radical (unpaired) electrons. The summed E-state index contributed by atoms with van der Waals surface area (Å²) in [6.07, 6.45) is 0. The van der Waals surface area contributed by atoms with Crippen LogP contribution in [0, 0.1) is 11.8 Å². The van der Waals surface area contributed by atoms with Gasteiger partial charge in [0.05, 0.1) is 18.9 Å². The number of methoxy groups -OCH3 is 1. The van der Waals surface area contributed by atoms with E-state index in [0.717, 1.165) is 4.90 Å². The number of imide groups is 1. The van der Waals surface area contributed by atoms with Gasteiger partial charge in [0.2, 0.25) is 11.8 Å². The number of carbonyl (C=O) groups excluding carboxylic acids is 4. The monoisotopic (exact) mass is 340 g/mol. The average molecular weight is 340 g/mol. The Morgan fingerprint density at radius 2 is 2.00 bits per heavy atom. The fourth-order valence-electron chi connectivity index (χ4n) is 3.63. The summed E-state index contributed by atoms with van der Waals surface area (Å²) >= 11 is 0. The zero-order chi connectivity index (χ0) is 18.2. The molecule has 0 spiro atoms. The highest BCUT2D eigenvalue weighted by atomic mass is 16.5. The Kier molecular flexibility index (Phi) is 4.84. The van der Waals surface area contributed by atoms with Gasteiger partial charge < -0.3 is 15.0 Å². The van der Waals surface area contributed by atoms with Crippen molar-refractivity contribution < 1.29 is 23.9 Å². The Morgan fingerprint density at radius 1 is 1.38 bits per heavy atom. The van der Waals surface area contributed by atoms with Crippen molar-refractivity contribution in [3.8, 4) is 0 Å². The van der Waals surface area contributed by atoms with E-state index in [1.54, 1.807) is 20.9 Å². The van der Waals surface area contributed by atoms with Gasteiger partial charge in [-0.05, 0) is 13.8 Å². The highest BCUT2D eigenvalue weighted by Gasteiger charge is 2.66. The van der Waals surface area contributed by atoms with E-state index in [-0.39, 0.29) is 18.5 Å². The number of carbonyl (C=O) groups is 4. The van der Waals surface area contributed by atoms with Crippen LogP contribution in [0.2, 0.25) is 0 Å². The number of likely N-dealkylation sites (tertiary alicyclic amines) is 1. The normalized spacial score (nSPS) is 31.9. The molecule has 24 heavy (non-hydrogen) atoms. The van der Waals surface area contributed by atoms with E-state index in [9.17, 15) is 19.2 Å². The Hall–Kier alpha value is -2.16. The lowest BCUT2D eigenvalue weighted by Crippen LogP contribution is -2.56. The topological polar surface area (TPSA) is 108 Å². The second kappa shape index (κ2) is 6.39. The van der Waals surface area contributed by atoms with Crippen LogP contribution in [-0.4, -0.2) is 79.5 Å². The third-order valence-electron chi connectivity index (χ3n) is 4.87. The first-order valence-electron chi connectivity index (χ1n) is 7.85. The SMILES string of the molecule is CCNC(=O)N(C)C[C@H]1N[C@@](C)(C(=O)OC)[C@H]2C(=O)N(C)C(=O)[C@@H]12. The number of ether oxygens (including phenoxy) is 1. The maximum atomic E-state index is 12.5. The molecule has 0 aromatic carbocycles. The number of nitrogens with zero attached hydrogens (tertiary/aromatic N) is 2. The molecule has 0 saturated carbocycles. The van der Waals surface area contributed by atoms with Gasteiger partial charge in [-0.25, -0.2) is 4.79 Å². The molecule has 2 rings (SSSR count). The van der Waals surface area contributed by atoms with E-state index in [4.69, 9.17) is 4.74 Å². The second-order valence-electron chi connectivity index (χ2n) is 6.40. The van der Waals surface area contributed by atoms with Crippen LogP contribution in [0.4, 0.5) is 4.79 Å². The molecule has 2 fully saturated rings. The molecule has 9 nitrogen and oxygen atoms in total. The van der Waals surface area contributed by atoms with Crippen LogP contribution in [0.15, 0.2) is 0 Å². The first-order chi connectivity index (χ1) is 11.2. The number of hydrogen-bond acceptors (Lipinski definition) is 6. The van der Waals surface area contributed by atoms with Crippen LogP contribution >= 0.6 is 0 Å². The molecule has 134 valence electrons. The van der Waals surface area contributed by atoms with E-state index in [0.29, 0.717) is 6.54 Å². The predicted molar refractivity (Wildman–Crippen MR) is 83.8 cm³/mol. The Labute approximate surface area is 140 Å². The third kappa shape index (κ3) is 2.62. The van der Waals surface area contributed by atoms with Crippen molar-refractivity contribution in [2.75, 3.05) is 34.3 Å². The first kappa shape index (κ1) is 18.2. The third-order valence-corrected chi connectivity index (χ3v) is 4.87. The lowest BCUT2D eigenvalue weighted by molar-refractivity contribution is -0.152. The summed E-state index contributed by atoms with van der Waals surface area (Å²) in [5.41, 5.74) is -1.30. The molecule has 9 heteroatoms. The molecule has 4 amide bonds. The number of likely N-dealkylation sites (N-methyl/N-ethyl adjacent to an activating group) is 1. The largest absolute Gasteiger partial charge is 0.468 e. The van der Waals surface area contributed by atoms with Gasteiger partial charge in [0.1, 0.15) is 5.54 Å². The van der Waals surface area contributed by atoms with Gasteiger partial charge in [0, 0.05) is 33.2 Å². The molecule has 2 aliphatic rings. The maximum absolute atomic E-state index is 12.5. The Morgan fingerprint density at radius 3 is 2.54 bits per heavy atom. The molecular weight excluding hydrogens is 316 g/mol. The number of rotatable bonds is 4. The smallest absolute Gasteiger partial charge is 0.326 e. The van der Waals surface area contributed by atoms with E-state index in [2.05, 4.69) is 10.6 Å². The lowest BCUT2D eigenvalue weighted by atomic mass is 9.81. The molecule has 4 atom stereocenters. The molecule has 0 aromatic rings. The van der Waals surface area contributed by atoms with Gasteiger partial charge >= 0.3 is 12.0 Å². The zero-order valence-corrected chi connectivity index (χ0v) is 14.6. The van der Waals surface area contributed by atoms with Gasteiger partial charge in [0.25, 0.3) is 0 Å². The minimum absolute atomic E-state index is 0.187. The van der Waals surface area contributed by atoms with Crippen molar-refractivity contribution in [2.45, 2.75) is 25.4 Å². The molecule has 0 aliphatic carbocycles. The van der Waals surface area contributed by atoms with Crippen molar-refractivity contribution in [3.63, 3.8) is 0 Å². The van der Waals surface area contributed by atoms with Gasteiger partial charge in [-0.15, -0.1) is 0 Å². The molecule has 2 heterocycles. The Balaban J connectivity index is 2.30. The molecular formula is C15H24N4O5. The Bertz CT molecular complexity index is 580. The van der Waals surface area contributed by atoms with Gasteiger partial charge in [-0.3, -0.25) is 24.6 Å². The van der Waals surface area contributed by atoms with E-state index < -0.39 is 35.3 Å². The summed E-state index contributed by atoms with van der Waals surface area (Å²) in [6, 6.07) is -0.805. The standard InChI is InChI=1S/C15H24N4O5/c1-6-16-14(23)18(3)7-8-9-10(12(21)19(4)11(9)20)15(2,17-8)13(22)24-5/h8-10,17H,6-7H2,1-5H3,(H,16,23)/t8-,9+,10-,15-/m1/s1. The minimum atomic E-state index is -1.30. The first-order valence-corrected chi connectivity index (χ1v) is 7.85. The molecule has 0 unspecified atom stereocenters. The molecule has 0 aromatic heterocycles. The van der Waals surface area contributed by atoms with Crippen LogP contribution < -0.4 is 10.6 Å². The van der Waals surface area contributed by atoms with Crippen LogP contribution in [-0.2, 0) is 19.1 Å². The summed E-state index contributed by atoms with van der Waals surface area (Å²) < 4.78 is 4.83. The number of nitrogens with one attached hydrogen (secondary N) is 2. The number of urea groups is 1. The van der Waals surface area contributed by atoms with Crippen molar-refractivity contribution >= 4 is 23.8 Å². The number of hydrogen-bond donors (Lipinski definition) is 2. The number of fused-ring (bicyclic) bond motifs is 1. The molecule has 2 saturated heterocycles. The summed E-state index contributed by atoms with van der Waals surface area (Å²) in [4.78, 5) is 51.6. The predicted octanol–water partition coefficient (Wildman–Crippen LogP) is -1.22. The van der Waals surface area contributed by atoms with E-state index in [1.807, 2.05) is 0 Å². The zero-order valence-electron chi connectivity index (χ0n) is 14.6. The van der Waals surface area contributed by atoms with Gasteiger partial charge in [-0.1, -0.05) is 0 Å². The highest BCUT2D eigenvalue weighted by molar-refractivity contribution is 6.09. The molecule has 0 bridgehead atoms. The lowest BCUT2D eigenvalue weighted by Gasteiger charge is -2.29. The summed E-state index contributed by atoms with van der Waals surface area (Å²) in [6.45, 7) is 4.03. The maximum Gasteiger partial charge on any atom is 0.326 e. The quantitative estimate of drug-likeness (QED) is 0.491. The average Bonchev–Trinajstić information content (AvgIpc) is 2.96. The van der Waals surface area contributed by atoms with E-state index in [1.165, 1.54) is 19.1 Å². The van der Waals surface area contributed by atoms with E-state index >= 15 is 0 Å². The summed E-state index contributed by atoms with van der Waals surface area (Å²) in [5, 5.41) is 5.73. The minimum Gasteiger partial charge on any atom is -0.468 e. The molecule has 2 aliphatic heterocycles. The number of esters is 1. The van der Waals surface area contributed by atoms with Crippen LogP contribution in [0.1, 0.15) is 13.8 Å². The van der Waals surface area contributed by atoms with Gasteiger partial charge in [0.15, 0.2) is 0 Å². The molecule has 2 N–H and O–H groups in total. The summed E-state index contributed by atoms with van der Waals surface area (Å²) in [5.74, 6) is -2.90. The van der Waals surface area contributed by atoms with Crippen molar-refractivity contribution in [3.05, 3.63) is 0 Å². The van der Waals surface area contributed by atoms with Gasteiger partial charge in [-0.2, -0.15) is 0 Å². The van der Waals surface area contributed by atoms with Crippen molar-refractivity contribution in [1.29, 1.82) is 0 Å². The van der Waals surface area contributed by atoms with Crippen molar-refractivity contribution in [1.82, 2.24) is 20.4 Å². The van der Waals surface area contributed by atoms with Crippen molar-refractivity contribution in [2.24, 2.45) is 11.8 Å². The van der Waals surface area contributed by atoms with Crippen LogP contribution in [0.25, 0.3) is 0 Å². The second-order valence-corrected chi connectivity index (χ2v) is 6.40. The fraction of sp³-hybridized carbons (Fsp3) is 0.733. The number of amides is 4. The van der Waals surface area contributed by atoms with Crippen LogP contribution in [0.3, 0.4) is 0 Å². The summed E-state index contributed by atoms with van der Waals surface area (Å²) in [7, 11) is 4.25. The fourth-order valence-corrected chi connectivity index (χ4v) is 3.63.